The number of rotatable bonds is 6. The highest BCUT2D eigenvalue weighted by Crippen LogP contribution is 2.16. The fraction of sp³-hybridized carbons (Fsp3) is 0.200. The molecule has 1 aromatic carbocycles. The lowest BCUT2D eigenvalue weighted by Crippen LogP contribution is -2.42. The Balaban J connectivity index is 2.11. The lowest BCUT2D eigenvalue weighted by molar-refractivity contribution is -0.117. The second kappa shape index (κ2) is 7.81. The monoisotopic (exact) mass is 429 g/mol. The van der Waals surface area contributed by atoms with E-state index in [2.05, 4.69) is 31.0 Å². The molecule has 10 heteroatoms. The van der Waals surface area contributed by atoms with Gasteiger partial charge in [0.25, 0.3) is 5.56 Å². The maximum absolute atomic E-state index is 12.3. The van der Waals surface area contributed by atoms with Crippen LogP contribution in [0.1, 0.15) is 6.92 Å². The van der Waals surface area contributed by atoms with E-state index in [0.717, 1.165) is 0 Å². The number of ether oxygens (including phenoxy) is 1. The maximum atomic E-state index is 12.3. The van der Waals surface area contributed by atoms with E-state index in [9.17, 15) is 18.0 Å². The molecular weight excluding hydrogens is 414 g/mol. The molecule has 0 aliphatic carbocycles. The zero-order valence-corrected chi connectivity index (χ0v) is 15.8. The highest BCUT2D eigenvalue weighted by Gasteiger charge is 2.22. The Labute approximate surface area is 152 Å². The summed E-state index contributed by atoms with van der Waals surface area (Å²) in [6, 6.07) is 6.06. The van der Waals surface area contributed by atoms with Crippen LogP contribution < -0.4 is 20.3 Å². The molecule has 0 aliphatic rings. The highest BCUT2D eigenvalue weighted by atomic mass is 79.9. The van der Waals surface area contributed by atoms with Gasteiger partial charge in [-0.25, -0.2) is 8.42 Å². The Morgan fingerprint density at radius 1 is 1.28 bits per heavy atom. The first-order valence-electron chi connectivity index (χ1n) is 7.08. The van der Waals surface area contributed by atoms with Crippen LogP contribution >= 0.6 is 15.9 Å². The first-order chi connectivity index (χ1) is 11.7. The van der Waals surface area contributed by atoms with Gasteiger partial charge in [-0.15, -0.1) is 0 Å². The summed E-state index contributed by atoms with van der Waals surface area (Å²) in [6.45, 7) is 1.38. The van der Waals surface area contributed by atoms with Crippen molar-refractivity contribution >= 4 is 37.5 Å². The Morgan fingerprint density at radius 3 is 2.52 bits per heavy atom. The Kier molecular flexibility index (Phi) is 5.98. The molecule has 0 aliphatic heterocycles. The van der Waals surface area contributed by atoms with Gasteiger partial charge in [0, 0.05) is 10.7 Å². The average molecular weight is 430 g/mol. The number of carbonyl (C=O) groups excluding carboxylic acids is 1. The van der Waals surface area contributed by atoms with E-state index >= 15 is 0 Å². The van der Waals surface area contributed by atoms with Crippen molar-refractivity contribution in [1.82, 2.24) is 9.71 Å². The fourth-order valence-electron chi connectivity index (χ4n) is 1.90. The summed E-state index contributed by atoms with van der Waals surface area (Å²) in [7, 11) is -2.43. The number of hydrogen-bond donors (Lipinski definition) is 3. The molecule has 0 fully saturated rings. The van der Waals surface area contributed by atoms with Crippen molar-refractivity contribution in [3.05, 3.63) is 51.4 Å². The van der Waals surface area contributed by atoms with Crippen molar-refractivity contribution in [3.63, 3.8) is 0 Å². The lowest BCUT2D eigenvalue weighted by Gasteiger charge is -2.14. The third-order valence-corrected chi connectivity index (χ3v) is 5.24. The predicted octanol–water partition coefficient (Wildman–Crippen LogP) is 1.45. The smallest absolute Gasteiger partial charge is 0.271 e. The standard InChI is InChI=1S/C15H16BrN3O5S/c1-9(14(20)18-13-7-10(16)8-17-15(13)21)19-25(22,23)12-5-3-11(24-2)4-6-12/h3-9,19H,1-2H3,(H,17,21)(H,18,20)/t9-/m0/s1. The van der Waals surface area contributed by atoms with Crippen LogP contribution in [0.3, 0.4) is 0 Å². The number of carbonyl (C=O) groups is 1. The number of aromatic nitrogens is 1. The summed E-state index contributed by atoms with van der Waals surface area (Å²) in [5.74, 6) is -0.153. The second-order valence-electron chi connectivity index (χ2n) is 5.07. The average Bonchev–Trinajstić information content (AvgIpc) is 2.57. The van der Waals surface area contributed by atoms with E-state index in [1.165, 1.54) is 50.6 Å². The molecule has 2 aromatic rings. The van der Waals surface area contributed by atoms with Gasteiger partial charge in [-0.1, -0.05) is 0 Å². The molecule has 0 bridgehead atoms. The van der Waals surface area contributed by atoms with Gasteiger partial charge in [0.05, 0.1) is 18.0 Å². The van der Waals surface area contributed by atoms with Gasteiger partial charge in [0.2, 0.25) is 15.9 Å². The zero-order chi connectivity index (χ0) is 18.6. The molecule has 1 atom stereocenters. The molecule has 0 radical (unpaired) electrons. The molecule has 1 amide bonds. The van der Waals surface area contributed by atoms with Crippen molar-refractivity contribution < 1.29 is 17.9 Å². The fourth-order valence-corrected chi connectivity index (χ4v) is 3.45. The summed E-state index contributed by atoms with van der Waals surface area (Å²) in [4.78, 5) is 26.2. The van der Waals surface area contributed by atoms with E-state index in [1.54, 1.807) is 0 Å². The summed E-state index contributed by atoms with van der Waals surface area (Å²) in [5.41, 5.74) is -0.489. The van der Waals surface area contributed by atoms with Crippen molar-refractivity contribution in [1.29, 1.82) is 0 Å². The number of sulfonamides is 1. The first-order valence-corrected chi connectivity index (χ1v) is 9.36. The van der Waals surface area contributed by atoms with Crippen LogP contribution in [0.25, 0.3) is 0 Å². The van der Waals surface area contributed by atoms with Crippen LogP contribution in [0, 0.1) is 0 Å². The molecule has 1 heterocycles. The first kappa shape index (κ1) is 19.2. The van der Waals surface area contributed by atoms with E-state index in [4.69, 9.17) is 4.74 Å². The molecule has 0 saturated heterocycles. The van der Waals surface area contributed by atoms with Crippen molar-refractivity contribution in [2.24, 2.45) is 0 Å². The third-order valence-electron chi connectivity index (χ3n) is 3.22. The quantitative estimate of drug-likeness (QED) is 0.642. The SMILES string of the molecule is COc1ccc(S(=O)(=O)N[C@@H](C)C(=O)Nc2cc(Br)c[nH]c2=O)cc1. The number of aromatic amines is 1. The van der Waals surface area contributed by atoms with Gasteiger partial charge in [-0.2, -0.15) is 4.72 Å². The van der Waals surface area contributed by atoms with Gasteiger partial charge in [0.1, 0.15) is 11.4 Å². The Hall–Kier alpha value is -2.17. The number of halogens is 1. The number of benzene rings is 1. The number of methoxy groups -OCH3 is 1. The minimum Gasteiger partial charge on any atom is -0.497 e. The molecule has 25 heavy (non-hydrogen) atoms. The van der Waals surface area contributed by atoms with Gasteiger partial charge < -0.3 is 15.0 Å². The molecule has 0 unspecified atom stereocenters. The minimum absolute atomic E-state index is 0.00625. The molecular formula is C15H16BrN3O5S. The van der Waals surface area contributed by atoms with E-state index in [-0.39, 0.29) is 10.6 Å². The normalized spacial score (nSPS) is 12.4. The third kappa shape index (κ3) is 4.91. The molecule has 8 nitrogen and oxygen atoms in total. The molecule has 134 valence electrons. The van der Waals surface area contributed by atoms with Crippen LogP contribution in [0.2, 0.25) is 0 Å². The van der Waals surface area contributed by atoms with Crippen LogP contribution in [0.5, 0.6) is 5.75 Å². The van der Waals surface area contributed by atoms with Crippen LogP contribution in [0.4, 0.5) is 5.69 Å². The van der Waals surface area contributed by atoms with Gasteiger partial charge in [-0.05, 0) is 53.2 Å². The molecule has 1 aromatic heterocycles. The summed E-state index contributed by atoms with van der Waals surface area (Å²) < 4.78 is 32.4. The Morgan fingerprint density at radius 2 is 1.92 bits per heavy atom. The van der Waals surface area contributed by atoms with Crippen molar-refractivity contribution in [2.75, 3.05) is 12.4 Å². The van der Waals surface area contributed by atoms with E-state index in [1.807, 2.05) is 0 Å². The van der Waals surface area contributed by atoms with Crippen LogP contribution in [-0.2, 0) is 14.8 Å². The van der Waals surface area contributed by atoms with Gasteiger partial charge >= 0.3 is 0 Å². The van der Waals surface area contributed by atoms with Gasteiger partial charge in [-0.3, -0.25) is 9.59 Å². The number of H-pyrrole nitrogens is 1. The minimum atomic E-state index is -3.90. The molecule has 3 N–H and O–H groups in total. The largest absolute Gasteiger partial charge is 0.497 e. The molecule has 0 saturated carbocycles. The van der Waals surface area contributed by atoms with Crippen molar-refractivity contribution in [3.8, 4) is 5.75 Å². The summed E-state index contributed by atoms with van der Waals surface area (Å²) in [6.07, 6.45) is 1.42. The van der Waals surface area contributed by atoms with Crippen LogP contribution in [0.15, 0.2) is 50.7 Å². The second-order valence-corrected chi connectivity index (χ2v) is 7.70. The predicted molar refractivity (Wildman–Crippen MR) is 96.2 cm³/mol. The van der Waals surface area contributed by atoms with Crippen molar-refractivity contribution in [2.45, 2.75) is 17.9 Å². The number of hydrogen-bond acceptors (Lipinski definition) is 5. The van der Waals surface area contributed by atoms with Gasteiger partial charge in [0.15, 0.2) is 0 Å². The highest BCUT2D eigenvalue weighted by molar-refractivity contribution is 9.10. The number of anilines is 1. The molecule has 0 spiro atoms. The lowest BCUT2D eigenvalue weighted by atomic mass is 10.3. The number of pyridine rings is 1. The molecule has 2 rings (SSSR count). The summed E-state index contributed by atoms with van der Waals surface area (Å²) in [5, 5.41) is 2.38. The van der Waals surface area contributed by atoms with E-state index in [0.29, 0.717) is 10.2 Å². The number of amides is 1. The topological polar surface area (TPSA) is 117 Å². The van der Waals surface area contributed by atoms with E-state index < -0.39 is 27.5 Å². The maximum Gasteiger partial charge on any atom is 0.271 e. The Bertz CT molecular complexity index is 925. The summed E-state index contributed by atoms with van der Waals surface area (Å²) >= 11 is 3.17. The van der Waals surface area contributed by atoms with Crippen LogP contribution in [-0.4, -0.2) is 32.5 Å². The zero-order valence-electron chi connectivity index (χ0n) is 13.4. The number of nitrogens with one attached hydrogen (secondary N) is 3.